The molecule has 0 saturated carbocycles. The molecule has 3 nitrogen and oxygen atoms in total. The molecule has 0 aliphatic heterocycles. The van der Waals surface area contributed by atoms with Gasteiger partial charge in [-0.2, -0.15) is 0 Å². The summed E-state index contributed by atoms with van der Waals surface area (Å²) in [6, 6.07) is 0. The van der Waals surface area contributed by atoms with E-state index in [1.54, 1.807) is 0 Å². The second-order valence-corrected chi connectivity index (χ2v) is 3.14. The van der Waals surface area contributed by atoms with Crippen LogP contribution in [0, 0.1) is 6.92 Å². The summed E-state index contributed by atoms with van der Waals surface area (Å²) < 4.78 is 0. The van der Waals surface area contributed by atoms with Gasteiger partial charge >= 0.3 is 0 Å². The van der Waals surface area contributed by atoms with E-state index in [0.29, 0.717) is 16.2 Å². The van der Waals surface area contributed by atoms with Crippen LogP contribution in [0.2, 0.25) is 0 Å². The van der Waals surface area contributed by atoms with Crippen LogP contribution in [-0.2, 0) is 43.9 Å². The molecule has 12 heavy (non-hydrogen) atoms. The Morgan fingerprint density at radius 1 is 1.75 bits per heavy atom. The summed E-state index contributed by atoms with van der Waals surface area (Å²) in [6.45, 7) is 3.21. The number of thiazole rings is 1. The number of nitrogens with zero attached hydrogens (tertiary/aromatic N) is 1. The van der Waals surface area contributed by atoms with E-state index in [-0.39, 0.29) is 44.9 Å². The van der Waals surface area contributed by atoms with E-state index >= 15 is 0 Å². The molecule has 61 valence electrons. The van der Waals surface area contributed by atoms with Crippen molar-refractivity contribution >= 4 is 23.4 Å². The molecule has 0 atom stereocenters. The molecule has 0 amide bonds. The Hall–Kier alpha value is -0.0561. The van der Waals surface area contributed by atoms with Crippen LogP contribution < -0.4 is 0 Å². The number of rotatable bonds is 3. The van der Waals surface area contributed by atoms with E-state index < -0.39 is 0 Å². The molecule has 0 fully saturated rings. The Labute approximate surface area is 99.5 Å². The van der Waals surface area contributed by atoms with E-state index in [0.717, 1.165) is 0 Å². The number of carbonyl (C=O) groups excluding carboxylic acids is 2. The number of aromatic nitrogens is 1. The van der Waals surface area contributed by atoms with E-state index in [1.807, 2.05) is 0 Å². The van der Waals surface area contributed by atoms with Gasteiger partial charge in [0.2, 0.25) is 0 Å². The van der Waals surface area contributed by atoms with Crippen LogP contribution in [0.25, 0.3) is 0 Å². The van der Waals surface area contributed by atoms with Gasteiger partial charge in [-0.1, -0.05) is 0 Å². The fourth-order valence-corrected chi connectivity index (χ4v) is 1.39. The molecule has 1 heterocycles. The largest absolute Gasteiger partial charge is 0.339 e. The maximum Gasteiger partial charge on any atom is 0.161 e. The Bertz CT molecular complexity index is 285. The van der Waals surface area contributed by atoms with Gasteiger partial charge in [-0.05, 0) is 0 Å². The van der Waals surface area contributed by atoms with Crippen molar-refractivity contribution in [2.75, 3.05) is 0 Å². The van der Waals surface area contributed by atoms with Gasteiger partial charge in [0.25, 0.3) is 0 Å². The zero-order valence-corrected chi connectivity index (χ0v) is 9.97. The summed E-state index contributed by atoms with van der Waals surface area (Å²) in [6.07, 6.45) is 2.39. The van der Waals surface area contributed by atoms with Gasteiger partial charge < -0.3 is 11.7 Å². The molecule has 1 radical (unpaired) electrons. The first-order chi connectivity index (χ1) is 5.22. The Morgan fingerprint density at radius 2 is 2.42 bits per heavy atom. The fourth-order valence-electron chi connectivity index (χ4n) is 0.629. The maximum absolute atomic E-state index is 10.5. The Morgan fingerprint density at radius 3 is 2.83 bits per heavy atom. The molecule has 0 bridgehead atoms. The smallest absolute Gasteiger partial charge is 0.161 e. The number of hydrogen-bond donors (Lipinski definition) is 0. The van der Waals surface area contributed by atoms with Gasteiger partial charge in [-0.3, -0.25) is 4.79 Å². The summed E-state index contributed by atoms with van der Waals surface area (Å²) in [4.78, 5) is 25.0. The number of ketones is 1. The average molecular weight is 257 g/mol. The molecule has 0 N–H and O–H groups in total. The van der Waals surface area contributed by atoms with Crippen LogP contribution in [0.4, 0.5) is 0 Å². The summed E-state index contributed by atoms with van der Waals surface area (Å²) in [5.41, 5.74) is 0. The number of aldehydes is 1. The molecule has 0 saturated heterocycles. The molecular formula is C7H6NO2SY-. The first kappa shape index (κ1) is 11.9. The van der Waals surface area contributed by atoms with Crippen LogP contribution in [-0.4, -0.2) is 17.1 Å². The molecule has 0 aromatic carbocycles. The van der Waals surface area contributed by atoms with Crippen LogP contribution in [0.5, 0.6) is 0 Å². The molecule has 0 unspecified atom stereocenters. The van der Waals surface area contributed by atoms with E-state index in [2.05, 4.69) is 11.9 Å². The zero-order valence-electron chi connectivity index (χ0n) is 6.32. The SMILES string of the molecule is [CH2-]C(=O)Cc1ncc(C=O)s1.[Y]. The maximum atomic E-state index is 10.5. The van der Waals surface area contributed by atoms with E-state index in [4.69, 9.17) is 0 Å². The minimum Gasteiger partial charge on any atom is -0.339 e. The van der Waals surface area contributed by atoms with Gasteiger partial charge in [0.05, 0.1) is 9.88 Å². The first-order valence-corrected chi connectivity index (χ1v) is 3.78. The van der Waals surface area contributed by atoms with Crippen LogP contribution in [0.3, 0.4) is 0 Å². The van der Waals surface area contributed by atoms with Crippen LogP contribution in [0.1, 0.15) is 14.7 Å². The van der Waals surface area contributed by atoms with Gasteiger partial charge in [0.1, 0.15) is 0 Å². The number of carbonyl (C=O) groups is 2. The van der Waals surface area contributed by atoms with Crippen molar-refractivity contribution in [3.8, 4) is 0 Å². The molecule has 1 aromatic heterocycles. The van der Waals surface area contributed by atoms with Crippen molar-refractivity contribution in [2.24, 2.45) is 0 Å². The predicted octanol–water partition coefficient (Wildman–Crippen LogP) is 0.899. The summed E-state index contributed by atoms with van der Waals surface area (Å²) >= 11 is 1.22. The molecular weight excluding hydrogens is 251 g/mol. The molecule has 0 aliphatic carbocycles. The third kappa shape index (κ3) is 3.56. The van der Waals surface area contributed by atoms with Crippen LogP contribution >= 0.6 is 11.3 Å². The van der Waals surface area contributed by atoms with Gasteiger partial charge in [0.15, 0.2) is 6.29 Å². The first-order valence-electron chi connectivity index (χ1n) is 2.97. The fraction of sp³-hybridized carbons (Fsp3) is 0.143. The summed E-state index contributed by atoms with van der Waals surface area (Å²) in [7, 11) is 0. The molecule has 0 spiro atoms. The van der Waals surface area contributed by atoms with E-state index in [9.17, 15) is 9.59 Å². The molecule has 1 aromatic rings. The van der Waals surface area contributed by atoms with Crippen molar-refractivity contribution in [2.45, 2.75) is 6.42 Å². The molecule has 5 heteroatoms. The third-order valence-electron chi connectivity index (χ3n) is 1.04. The van der Waals surface area contributed by atoms with Crippen LogP contribution in [0.15, 0.2) is 6.20 Å². The third-order valence-corrected chi connectivity index (χ3v) is 1.96. The van der Waals surface area contributed by atoms with Crippen molar-refractivity contribution in [1.82, 2.24) is 4.98 Å². The zero-order chi connectivity index (χ0) is 8.27. The second kappa shape index (κ2) is 5.57. The van der Waals surface area contributed by atoms with Crippen molar-refractivity contribution in [1.29, 1.82) is 0 Å². The molecule has 0 aliphatic rings. The van der Waals surface area contributed by atoms with Gasteiger partial charge in [0, 0.05) is 51.1 Å². The quantitative estimate of drug-likeness (QED) is 0.597. The molecule has 1 rings (SSSR count). The van der Waals surface area contributed by atoms with Gasteiger partial charge in [-0.15, -0.1) is 11.3 Å². The minimum absolute atomic E-state index is 0. The Kier molecular flexibility index (Phi) is 5.54. The number of hydrogen-bond acceptors (Lipinski definition) is 4. The predicted molar refractivity (Wildman–Crippen MR) is 41.6 cm³/mol. The standard InChI is InChI=1S/C7H6NO2S.Y/c1-5(10)2-7-8-3-6(4-9)11-7;/h3-4H,1-2H2;/q-1;. The van der Waals surface area contributed by atoms with E-state index in [1.165, 1.54) is 17.5 Å². The summed E-state index contributed by atoms with van der Waals surface area (Å²) in [5, 5.41) is 0.645. The number of Topliss-reactive ketones (excluding diaryl/α,β-unsaturated/α-hetero) is 1. The topological polar surface area (TPSA) is 47.0 Å². The Balaban J connectivity index is 0.00000121. The van der Waals surface area contributed by atoms with Crippen molar-refractivity contribution < 1.29 is 42.3 Å². The van der Waals surface area contributed by atoms with Gasteiger partial charge in [-0.25, -0.2) is 4.98 Å². The normalized spacial score (nSPS) is 8.67. The van der Waals surface area contributed by atoms with Crippen molar-refractivity contribution in [3.05, 3.63) is 23.0 Å². The van der Waals surface area contributed by atoms with Crippen molar-refractivity contribution in [3.63, 3.8) is 0 Å². The minimum atomic E-state index is -0.184. The second-order valence-electron chi connectivity index (χ2n) is 1.99. The average Bonchev–Trinajstić information content (AvgIpc) is 2.34. The summed E-state index contributed by atoms with van der Waals surface area (Å²) in [5.74, 6) is -0.184. The monoisotopic (exact) mass is 257 g/mol.